The second-order valence-electron chi connectivity index (χ2n) is 11.8. The molecule has 5 atom stereocenters. The van der Waals surface area contributed by atoms with Gasteiger partial charge in [0.25, 0.3) is 0 Å². The average molecular weight is 853 g/mol. The number of phenols is 5. The van der Waals surface area contributed by atoms with E-state index in [-0.39, 0.29) is 34.2 Å². The zero-order valence-corrected chi connectivity index (χ0v) is 30.3. The highest BCUT2D eigenvalue weighted by Gasteiger charge is 2.43. The van der Waals surface area contributed by atoms with E-state index in [0.29, 0.717) is 11.1 Å². The van der Waals surface area contributed by atoms with Gasteiger partial charge in [-0.3, -0.25) is 4.79 Å². The molecular formula is C39H33IO14. The molecule has 280 valence electrons. The lowest BCUT2D eigenvalue weighted by Crippen LogP contribution is -2.53. The maximum atomic E-state index is 13.9. The number of hydrogen-bond acceptors (Lipinski definition) is 14. The highest BCUT2D eigenvalue weighted by molar-refractivity contribution is 14.1. The third-order valence-corrected chi connectivity index (χ3v) is 8.55. The van der Waals surface area contributed by atoms with Gasteiger partial charge in [0, 0.05) is 33.8 Å². The van der Waals surface area contributed by atoms with Gasteiger partial charge in [0.1, 0.15) is 45.8 Å². The van der Waals surface area contributed by atoms with Gasteiger partial charge in [-0.25, -0.2) is 9.59 Å². The summed E-state index contributed by atoms with van der Waals surface area (Å²) in [7, 11) is 0. The van der Waals surface area contributed by atoms with E-state index in [1.54, 1.807) is 6.92 Å². The van der Waals surface area contributed by atoms with Crippen molar-refractivity contribution < 1.29 is 64.0 Å². The smallest absolute Gasteiger partial charge is 0.331 e. The Bertz CT molecular complexity index is 2230. The Hall–Kier alpha value is -6.04. The summed E-state index contributed by atoms with van der Waals surface area (Å²) in [6.07, 6.45) is -3.25. The largest absolute Gasteiger partial charge is 0.508 e. The van der Waals surface area contributed by atoms with E-state index in [1.165, 1.54) is 84.9 Å². The van der Waals surface area contributed by atoms with Crippen LogP contribution in [0.1, 0.15) is 18.1 Å². The molecule has 0 saturated carbocycles. The number of fused-ring (bicyclic) bond motifs is 1. The van der Waals surface area contributed by atoms with Gasteiger partial charge in [-0.15, -0.1) is 0 Å². The number of alkyl halides is 1. The zero-order valence-electron chi connectivity index (χ0n) is 28.1. The summed E-state index contributed by atoms with van der Waals surface area (Å²) in [6, 6.07) is 18.7. The predicted molar refractivity (Wildman–Crippen MR) is 203 cm³/mol. The number of aliphatic hydroxyl groups is 2. The predicted octanol–water partition coefficient (Wildman–Crippen LogP) is 5.12. The third kappa shape index (κ3) is 9.68. The van der Waals surface area contributed by atoms with Crippen LogP contribution in [-0.2, 0) is 19.1 Å². The Balaban J connectivity index is 1.58. The van der Waals surface area contributed by atoms with Crippen LogP contribution in [0.4, 0.5) is 0 Å². The van der Waals surface area contributed by atoms with Crippen molar-refractivity contribution in [3.63, 3.8) is 0 Å². The number of aliphatic hydroxyl groups excluding tert-OH is 2. The molecule has 0 aliphatic heterocycles. The number of ether oxygens (including phenoxy) is 3. The first kappa shape index (κ1) is 39.2. The van der Waals surface area contributed by atoms with E-state index in [2.05, 4.69) is 0 Å². The number of phenolic OH excluding ortho intramolecular Hbond substituents is 5. The van der Waals surface area contributed by atoms with Crippen molar-refractivity contribution in [2.24, 2.45) is 0 Å². The number of halogens is 1. The monoisotopic (exact) mass is 852 g/mol. The van der Waals surface area contributed by atoms with E-state index in [4.69, 9.17) is 18.6 Å². The molecule has 1 heterocycles. The minimum atomic E-state index is -2.38. The number of benzene rings is 4. The first-order valence-electron chi connectivity index (χ1n) is 16.0. The van der Waals surface area contributed by atoms with Gasteiger partial charge in [0.05, 0.1) is 0 Å². The quantitative estimate of drug-likeness (QED) is 0.0268. The fraction of sp³-hybridized carbons (Fsp3) is 0.154. The Morgan fingerprint density at radius 1 is 0.704 bits per heavy atom. The third-order valence-electron chi connectivity index (χ3n) is 7.81. The molecule has 0 radical (unpaired) electrons. The maximum Gasteiger partial charge on any atom is 0.331 e. The van der Waals surface area contributed by atoms with Gasteiger partial charge in [-0.1, -0.05) is 53.8 Å². The molecule has 5 aromatic rings. The molecule has 5 rings (SSSR count). The van der Waals surface area contributed by atoms with Crippen molar-refractivity contribution in [1.29, 1.82) is 0 Å². The highest BCUT2D eigenvalue weighted by atomic mass is 127. The molecule has 0 amide bonds. The minimum Gasteiger partial charge on any atom is -0.508 e. The van der Waals surface area contributed by atoms with E-state index >= 15 is 0 Å². The van der Waals surface area contributed by atoms with Crippen LogP contribution in [0.3, 0.4) is 0 Å². The van der Waals surface area contributed by atoms with Crippen LogP contribution < -0.4 is 10.2 Å². The average Bonchev–Trinajstić information content (AvgIpc) is 3.13. The summed E-state index contributed by atoms with van der Waals surface area (Å²) < 4.78 is 22.1. The van der Waals surface area contributed by atoms with Crippen molar-refractivity contribution in [2.45, 2.75) is 35.5 Å². The number of hydrogen-bond donors (Lipinski definition) is 7. The first-order chi connectivity index (χ1) is 25.7. The summed E-state index contributed by atoms with van der Waals surface area (Å²) >= 11 is 1.83. The van der Waals surface area contributed by atoms with E-state index < -0.39 is 68.5 Å². The van der Waals surface area contributed by atoms with Crippen molar-refractivity contribution in [2.75, 3.05) is 0 Å². The second kappa shape index (κ2) is 17.2. The second-order valence-corrected chi connectivity index (χ2v) is 13.8. The van der Waals surface area contributed by atoms with Gasteiger partial charge >= 0.3 is 11.9 Å². The number of aromatic hydroxyl groups is 5. The van der Waals surface area contributed by atoms with Crippen LogP contribution in [0.15, 0.2) is 106 Å². The summed E-state index contributed by atoms with van der Waals surface area (Å²) in [6.45, 7) is 1.55. The first-order valence-corrected chi connectivity index (χ1v) is 17.3. The van der Waals surface area contributed by atoms with Gasteiger partial charge in [0.15, 0.2) is 11.9 Å². The molecule has 0 bridgehead atoms. The number of esters is 2. The Labute approximate surface area is 320 Å². The molecule has 0 saturated heterocycles. The van der Waals surface area contributed by atoms with Crippen LogP contribution in [0, 0.1) is 0 Å². The van der Waals surface area contributed by atoms with Crippen molar-refractivity contribution in [3.05, 3.63) is 118 Å². The van der Waals surface area contributed by atoms with Crippen LogP contribution in [0.2, 0.25) is 0 Å². The Morgan fingerprint density at radius 2 is 1.19 bits per heavy atom. The normalized spacial score (nSPS) is 14.4. The standard InChI is InChI=1S/C39H33IO14/c1-20(40)33(48)36(52-30(46)16-6-21-2-10-24(41)11-3-21)38(53-31(47)17-7-22-4-12-25(42)13-5-22)39(50)54-37-34(49)32-28(45)18-27(44)19-29(32)51-35(37)23-8-14-26(43)15-9-23/h2-20,33,36,38-39,41-45,48,50H,1H3/b16-6+,17-7+/t20?,33-,36?,38?,39-/m0/s1. The molecule has 0 aliphatic rings. The van der Waals surface area contributed by atoms with Crippen molar-refractivity contribution in [3.8, 4) is 45.8 Å². The summed E-state index contributed by atoms with van der Waals surface area (Å²) in [5, 5.41) is 72.2. The lowest BCUT2D eigenvalue weighted by atomic mass is 10.0. The lowest BCUT2D eigenvalue weighted by molar-refractivity contribution is -0.203. The summed E-state index contributed by atoms with van der Waals surface area (Å²) in [4.78, 5) is 40.4. The minimum absolute atomic E-state index is 0.00516. The number of rotatable bonds is 13. The van der Waals surface area contributed by atoms with Crippen LogP contribution in [-0.4, -0.2) is 76.2 Å². The van der Waals surface area contributed by atoms with Crippen LogP contribution in [0.25, 0.3) is 34.4 Å². The van der Waals surface area contributed by atoms with Gasteiger partial charge < -0.3 is 54.4 Å². The zero-order chi connectivity index (χ0) is 39.1. The maximum absolute atomic E-state index is 13.9. The summed E-state index contributed by atoms with van der Waals surface area (Å²) in [5.41, 5.74) is -0.214. The lowest BCUT2D eigenvalue weighted by Gasteiger charge is -2.33. The number of carbonyl (C=O) groups is 2. The fourth-order valence-electron chi connectivity index (χ4n) is 5.09. The van der Waals surface area contributed by atoms with Gasteiger partial charge in [-0.2, -0.15) is 0 Å². The van der Waals surface area contributed by atoms with E-state index in [9.17, 15) is 50.1 Å². The molecule has 0 fully saturated rings. The fourth-order valence-corrected chi connectivity index (χ4v) is 5.50. The molecule has 14 nitrogen and oxygen atoms in total. The molecule has 4 aromatic carbocycles. The van der Waals surface area contributed by atoms with Crippen LogP contribution >= 0.6 is 22.6 Å². The molecule has 0 aliphatic carbocycles. The van der Waals surface area contributed by atoms with E-state index in [0.717, 1.165) is 24.3 Å². The highest BCUT2D eigenvalue weighted by Crippen LogP contribution is 2.37. The van der Waals surface area contributed by atoms with Gasteiger partial charge in [0.2, 0.25) is 23.6 Å². The SMILES string of the molecule is CC(I)[C@H](O)C(OC(=O)/C=C/c1ccc(O)cc1)C(OC(=O)/C=C/c1ccc(O)cc1)[C@@H](O)Oc1c(-c2ccc(O)cc2)oc2cc(O)cc(O)c2c1=O. The molecule has 1 aromatic heterocycles. The van der Waals surface area contributed by atoms with E-state index in [1.807, 2.05) is 22.6 Å². The molecule has 0 spiro atoms. The molecule has 3 unspecified atom stereocenters. The molecule has 15 heteroatoms. The van der Waals surface area contributed by atoms with Gasteiger partial charge in [-0.05, 0) is 71.8 Å². The Morgan fingerprint density at radius 3 is 1.69 bits per heavy atom. The molecule has 7 N–H and O–H groups in total. The van der Waals surface area contributed by atoms with Crippen molar-refractivity contribution >= 4 is 57.7 Å². The number of carbonyl (C=O) groups excluding carboxylic acids is 2. The molecule has 54 heavy (non-hydrogen) atoms. The Kier molecular flexibility index (Phi) is 12.5. The summed E-state index contributed by atoms with van der Waals surface area (Å²) in [5.74, 6) is -4.52. The molecular weight excluding hydrogens is 819 g/mol. The van der Waals surface area contributed by atoms with Crippen LogP contribution in [0.5, 0.6) is 34.5 Å². The topological polar surface area (TPSA) is 234 Å². The van der Waals surface area contributed by atoms with Crippen molar-refractivity contribution in [1.82, 2.24) is 0 Å².